The lowest BCUT2D eigenvalue weighted by molar-refractivity contribution is -0.131. The summed E-state index contributed by atoms with van der Waals surface area (Å²) < 4.78 is 60.0. The van der Waals surface area contributed by atoms with Crippen LogP contribution in [0.5, 0.6) is 5.75 Å². The molecule has 34 heavy (non-hydrogen) atoms. The van der Waals surface area contributed by atoms with Crippen LogP contribution in [0.2, 0.25) is 0 Å². The highest BCUT2D eigenvalue weighted by molar-refractivity contribution is 7.92. The number of nitrogens with zero attached hydrogens (tertiary/aromatic N) is 2. The molecule has 2 N–H and O–H groups in total. The average Bonchev–Trinajstić information content (AvgIpc) is 3.25. The van der Waals surface area contributed by atoms with Gasteiger partial charge in [-0.3, -0.25) is 10.0 Å². The van der Waals surface area contributed by atoms with E-state index in [1.165, 1.54) is 12.4 Å². The number of hydrogen-bond acceptors (Lipinski definition) is 8. The Bertz CT molecular complexity index is 1260. The molecule has 0 saturated heterocycles. The SMILES string of the molecule is CC(CCc1ccc(OCc2nc(Cc3cc(F)ccc3F)no2)cc1)(C(=O)NO)S(C)(=O)=O. The normalized spacial score (nSPS) is 13.3. The standard InChI is InChI=1S/C22H23F2N3O6S/c1-22(21(28)26-29,34(2,30)31)10-9-14-3-6-17(7-4-14)32-13-20-25-19(27-33-20)12-15-11-16(23)5-8-18(15)24/h3-8,11,29H,9-10,12-13H2,1-2H3,(H,26,28). The number of benzene rings is 2. The van der Waals surface area contributed by atoms with E-state index < -0.39 is 32.1 Å². The predicted molar refractivity (Wildman–Crippen MR) is 116 cm³/mol. The fraction of sp³-hybridized carbons (Fsp3) is 0.318. The summed E-state index contributed by atoms with van der Waals surface area (Å²) in [5, 5.41) is 12.6. The van der Waals surface area contributed by atoms with Crippen LogP contribution in [0, 0.1) is 11.6 Å². The first-order valence-electron chi connectivity index (χ1n) is 10.1. The molecule has 0 saturated carbocycles. The zero-order valence-corrected chi connectivity index (χ0v) is 19.2. The number of hydrogen-bond donors (Lipinski definition) is 2. The lowest BCUT2D eigenvalue weighted by Crippen LogP contribution is -2.49. The first-order chi connectivity index (χ1) is 16.0. The third-order valence-corrected chi connectivity index (χ3v) is 7.47. The minimum Gasteiger partial charge on any atom is -0.484 e. The van der Waals surface area contributed by atoms with Gasteiger partial charge in [0.2, 0.25) is 0 Å². The van der Waals surface area contributed by atoms with E-state index in [1.807, 2.05) is 0 Å². The molecule has 182 valence electrons. The number of nitrogens with one attached hydrogen (secondary N) is 1. The van der Waals surface area contributed by atoms with Crippen molar-refractivity contribution < 1.29 is 36.5 Å². The van der Waals surface area contributed by atoms with Crippen molar-refractivity contribution in [3.63, 3.8) is 0 Å². The van der Waals surface area contributed by atoms with Crippen molar-refractivity contribution in [2.24, 2.45) is 0 Å². The molecule has 1 atom stereocenters. The van der Waals surface area contributed by atoms with Crippen LogP contribution in [-0.2, 0) is 34.1 Å². The number of carbonyl (C=O) groups excluding carboxylic acids is 1. The Morgan fingerprint density at radius 2 is 1.91 bits per heavy atom. The zero-order valence-electron chi connectivity index (χ0n) is 18.4. The van der Waals surface area contributed by atoms with Crippen molar-refractivity contribution in [3.8, 4) is 5.75 Å². The largest absolute Gasteiger partial charge is 0.484 e. The predicted octanol–water partition coefficient (Wildman–Crippen LogP) is 2.76. The maximum Gasteiger partial charge on any atom is 0.264 e. The third-order valence-electron chi connectivity index (χ3n) is 5.44. The molecular formula is C22H23F2N3O6S. The van der Waals surface area contributed by atoms with Crippen molar-refractivity contribution in [2.45, 2.75) is 37.5 Å². The van der Waals surface area contributed by atoms with Gasteiger partial charge in [0.25, 0.3) is 11.8 Å². The summed E-state index contributed by atoms with van der Waals surface area (Å²) in [5.74, 6) is -1.33. The van der Waals surface area contributed by atoms with Gasteiger partial charge in [0.1, 0.15) is 22.1 Å². The van der Waals surface area contributed by atoms with Crippen LogP contribution in [0.3, 0.4) is 0 Å². The lowest BCUT2D eigenvalue weighted by atomic mass is 9.99. The fourth-order valence-corrected chi connectivity index (χ4v) is 3.99. The summed E-state index contributed by atoms with van der Waals surface area (Å²) in [6.07, 6.45) is 1.13. The Labute approximate surface area is 194 Å². The molecule has 0 spiro atoms. The minimum atomic E-state index is -3.78. The first kappa shape index (κ1) is 25.2. The molecule has 0 aliphatic heterocycles. The van der Waals surface area contributed by atoms with Crippen molar-refractivity contribution in [1.29, 1.82) is 0 Å². The Morgan fingerprint density at radius 1 is 1.21 bits per heavy atom. The number of hydroxylamine groups is 1. The molecule has 1 aromatic heterocycles. The highest BCUT2D eigenvalue weighted by Gasteiger charge is 2.43. The van der Waals surface area contributed by atoms with Crippen LogP contribution in [-0.4, -0.2) is 40.7 Å². The summed E-state index contributed by atoms with van der Waals surface area (Å²) in [5.41, 5.74) is 2.28. The first-order valence-corrected chi connectivity index (χ1v) is 12.0. The topological polar surface area (TPSA) is 132 Å². The van der Waals surface area contributed by atoms with Crippen molar-refractivity contribution in [1.82, 2.24) is 15.6 Å². The number of rotatable bonds is 10. The van der Waals surface area contributed by atoms with Gasteiger partial charge in [-0.15, -0.1) is 0 Å². The van der Waals surface area contributed by atoms with Crippen molar-refractivity contribution in [3.05, 3.63) is 76.9 Å². The average molecular weight is 496 g/mol. The van der Waals surface area contributed by atoms with Gasteiger partial charge in [0.05, 0.1) is 0 Å². The fourth-order valence-electron chi connectivity index (χ4n) is 3.14. The Hall–Kier alpha value is -3.38. The van der Waals surface area contributed by atoms with Crippen LogP contribution >= 0.6 is 0 Å². The number of ether oxygens (including phenoxy) is 1. The Kier molecular flexibility index (Phi) is 7.62. The van der Waals surface area contributed by atoms with Crippen LogP contribution < -0.4 is 10.2 Å². The van der Waals surface area contributed by atoms with Gasteiger partial charge in [-0.2, -0.15) is 4.98 Å². The monoisotopic (exact) mass is 495 g/mol. The van der Waals surface area contributed by atoms with Gasteiger partial charge in [-0.1, -0.05) is 17.3 Å². The number of amides is 1. The molecule has 3 rings (SSSR count). The smallest absolute Gasteiger partial charge is 0.264 e. The summed E-state index contributed by atoms with van der Waals surface area (Å²) in [7, 11) is -3.78. The molecule has 3 aromatic rings. The second-order valence-corrected chi connectivity index (χ2v) is 10.3. The second kappa shape index (κ2) is 10.3. The van der Waals surface area contributed by atoms with Gasteiger partial charge in [0.15, 0.2) is 22.3 Å². The van der Waals surface area contributed by atoms with Crippen molar-refractivity contribution in [2.75, 3.05) is 6.26 Å². The van der Waals surface area contributed by atoms with E-state index in [-0.39, 0.29) is 43.1 Å². The van der Waals surface area contributed by atoms with Crippen LogP contribution in [0.4, 0.5) is 8.78 Å². The van der Waals surface area contributed by atoms with Crippen LogP contribution in [0.15, 0.2) is 47.0 Å². The number of aromatic nitrogens is 2. The molecule has 0 aliphatic rings. The van der Waals surface area contributed by atoms with E-state index >= 15 is 0 Å². The molecule has 1 unspecified atom stereocenters. The van der Waals surface area contributed by atoms with E-state index in [0.29, 0.717) is 5.75 Å². The van der Waals surface area contributed by atoms with E-state index in [2.05, 4.69) is 10.1 Å². The second-order valence-electron chi connectivity index (χ2n) is 7.89. The molecule has 1 heterocycles. The van der Waals surface area contributed by atoms with E-state index in [0.717, 1.165) is 30.0 Å². The molecule has 2 aromatic carbocycles. The molecule has 9 nitrogen and oxygen atoms in total. The molecule has 0 bridgehead atoms. The number of carbonyl (C=O) groups is 1. The van der Waals surface area contributed by atoms with Gasteiger partial charge < -0.3 is 9.26 Å². The van der Waals surface area contributed by atoms with Gasteiger partial charge in [0, 0.05) is 12.7 Å². The summed E-state index contributed by atoms with van der Waals surface area (Å²) in [6.45, 7) is 1.20. The molecule has 1 amide bonds. The Balaban J connectivity index is 1.56. The number of halogens is 2. The molecule has 0 aliphatic carbocycles. The molecular weight excluding hydrogens is 472 g/mol. The summed E-state index contributed by atoms with van der Waals surface area (Å²) in [6, 6.07) is 9.84. The zero-order chi connectivity index (χ0) is 24.9. The quantitative estimate of drug-likeness (QED) is 0.324. The van der Waals surface area contributed by atoms with Gasteiger partial charge >= 0.3 is 0 Å². The molecule has 0 radical (unpaired) electrons. The summed E-state index contributed by atoms with van der Waals surface area (Å²) >= 11 is 0. The van der Waals surface area contributed by atoms with Gasteiger partial charge in [-0.05, 0) is 61.2 Å². The minimum absolute atomic E-state index is 0.0326. The number of aryl methyl sites for hydroxylation is 1. The Morgan fingerprint density at radius 3 is 2.56 bits per heavy atom. The number of sulfone groups is 1. The van der Waals surface area contributed by atoms with Crippen LogP contribution in [0.25, 0.3) is 0 Å². The van der Waals surface area contributed by atoms with Gasteiger partial charge in [-0.25, -0.2) is 22.7 Å². The van der Waals surface area contributed by atoms with Crippen molar-refractivity contribution >= 4 is 15.7 Å². The van der Waals surface area contributed by atoms with Crippen LogP contribution in [0.1, 0.15) is 36.2 Å². The van der Waals surface area contributed by atoms with E-state index in [1.54, 1.807) is 24.3 Å². The molecule has 12 heteroatoms. The summed E-state index contributed by atoms with van der Waals surface area (Å²) in [4.78, 5) is 16.0. The maximum atomic E-state index is 13.8. The maximum absolute atomic E-state index is 13.8. The lowest BCUT2D eigenvalue weighted by Gasteiger charge is -2.25. The molecule has 0 fully saturated rings. The van der Waals surface area contributed by atoms with E-state index in [9.17, 15) is 22.0 Å². The van der Waals surface area contributed by atoms with E-state index in [4.69, 9.17) is 14.5 Å². The highest BCUT2D eigenvalue weighted by Crippen LogP contribution is 2.24. The third kappa shape index (κ3) is 5.94. The highest BCUT2D eigenvalue weighted by atomic mass is 32.2.